The average molecular weight is 219 g/mol. The maximum Gasteiger partial charge on any atom is 0.417 e. The van der Waals surface area contributed by atoms with Crippen molar-refractivity contribution in [1.29, 1.82) is 0 Å². The van der Waals surface area contributed by atoms with Crippen molar-refractivity contribution in [3.63, 3.8) is 0 Å². The molecule has 0 unspecified atom stereocenters. The molecule has 0 aliphatic rings. The summed E-state index contributed by atoms with van der Waals surface area (Å²) in [7, 11) is 0. The first-order chi connectivity index (χ1) is 6.96. The van der Waals surface area contributed by atoms with Gasteiger partial charge in [0.2, 0.25) is 0 Å². The van der Waals surface area contributed by atoms with E-state index in [1.807, 2.05) is 0 Å². The fraction of sp³-hybridized carbons (Fsp3) is 0.200. The summed E-state index contributed by atoms with van der Waals surface area (Å²) in [4.78, 5) is 0. The van der Waals surface area contributed by atoms with E-state index in [0.717, 1.165) is 24.3 Å². The highest BCUT2D eigenvalue weighted by molar-refractivity contribution is 5.55. The molecule has 82 valence electrons. The van der Waals surface area contributed by atoms with Gasteiger partial charge in [-0.1, -0.05) is 18.2 Å². The van der Waals surface area contributed by atoms with Crippen molar-refractivity contribution >= 4 is 6.08 Å². The van der Waals surface area contributed by atoms with Crippen LogP contribution in [0.2, 0.25) is 0 Å². The largest absolute Gasteiger partial charge is 0.417 e. The second kappa shape index (κ2) is 4.44. The van der Waals surface area contributed by atoms with Crippen LogP contribution in [0.4, 0.5) is 17.6 Å². The summed E-state index contributed by atoms with van der Waals surface area (Å²) in [5, 5.41) is 0. The predicted molar refractivity (Wildman–Crippen MR) is 49.5 cm³/mol. The Morgan fingerprint density at radius 3 is 2.47 bits per heavy atom. The molecule has 0 spiro atoms. The summed E-state index contributed by atoms with van der Waals surface area (Å²) in [6.45, 7) is 0.0611. The first-order valence-corrected chi connectivity index (χ1v) is 4.19. The van der Waals surface area contributed by atoms with Crippen molar-refractivity contribution in [3.05, 3.63) is 41.2 Å². The van der Waals surface area contributed by atoms with E-state index in [1.54, 1.807) is 0 Å². The van der Waals surface area contributed by atoms with E-state index in [0.29, 0.717) is 0 Å². The molecule has 0 amide bonds. The quantitative estimate of drug-likeness (QED) is 0.760. The third-order valence-corrected chi connectivity index (χ3v) is 1.78. The zero-order valence-corrected chi connectivity index (χ0v) is 7.68. The summed E-state index contributed by atoms with van der Waals surface area (Å²) in [5.41, 5.74) is 3.63. The smallest absolute Gasteiger partial charge is 0.327 e. The highest BCUT2D eigenvalue weighted by Crippen LogP contribution is 2.33. The number of hydrogen-bond donors (Lipinski definition) is 1. The first-order valence-electron chi connectivity index (χ1n) is 4.19. The van der Waals surface area contributed by atoms with Crippen LogP contribution in [0.25, 0.3) is 6.08 Å². The third kappa shape index (κ3) is 2.79. The summed E-state index contributed by atoms with van der Waals surface area (Å²) in [6, 6.07) is 2.84. The van der Waals surface area contributed by atoms with Gasteiger partial charge in [0, 0.05) is 12.1 Å². The second-order valence-electron chi connectivity index (χ2n) is 2.84. The Labute approximate surface area is 84.2 Å². The number of benzene rings is 1. The van der Waals surface area contributed by atoms with Crippen LogP contribution in [-0.2, 0) is 6.18 Å². The van der Waals surface area contributed by atoms with Crippen molar-refractivity contribution in [3.8, 4) is 0 Å². The van der Waals surface area contributed by atoms with E-state index in [1.165, 1.54) is 6.08 Å². The molecular weight excluding hydrogens is 210 g/mol. The van der Waals surface area contributed by atoms with Gasteiger partial charge in [0.25, 0.3) is 0 Å². The third-order valence-electron chi connectivity index (χ3n) is 1.78. The Kier molecular flexibility index (Phi) is 3.47. The molecule has 0 aliphatic carbocycles. The number of halogens is 4. The molecule has 1 nitrogen and oxygen atoms in total. The first kappa shape index (κ1) is 11.7. The van der Waals surface area contributed by atoms with Crippen LogP contribution < -0.4 is 5.73 Å². The Bertz CT molecular complexity index is 368. The lowest BCUT2D eigenvalue weighted by molar-refractivity contribution is -0.137. The minimum absolute atomic E-state index is 0.0611. The topological polar surface area (TPSA) is 26.0 Å². The van der Waals surface area contributed by atoms with Gasteiger partial charge in [0.1, 0.15) is 5.82 Å². The fourth-order valence-electron chi connectivity index (χ4n) is 1.14. The molecular formula is C10H9F4N. The fourth-order valence-corrected chi connectivity index (χ4v) is 1.14. The maximum absolute atomic E-state index is 13.1. The Balaban J connectivity index is 3.27. The molecule has 1 rings (SSSR count). The van der Waals surface area contributed by atoms with Gasteiger partial charge < -0.3 is 5.73 Å². The zero-order valence-electron chi connectivity index (χ0n) is 7.68. The predicted octanol–water partition coefficient (Wildman–Crippen LogP) is 2.82. The van der Waals surface area contributed by atoms with Gasteiger partial charge in [-0.25, -0.2) is 4.39 Å². The lowest BCUT2D eigenvalue weighted by atomic mass is 10.1. The zero-order chi connectivity index (χ0) is 11.5. The Hall–Kier alpha value is -1.36. The van der Waals surface area contributed by atoms with Crippen molar-refractivity contribution < 1.29 is 17.6 Å². The molecule has 0 aromatic heterocycles. The van der Waals surface area contributed by atoms with Crippen molar-refractivity contribution in [2.24, 2.45) is 5.73 Å². The van der Waals surface area contributed by atoms with Gasteiger partial charge in [0.05, 0.1) is 5.56 Å². The van der Waals surface area contributed by atoms with Crippen LogP contribution in [0.1, 0.15) is 11.1 Å². The summed E-state index contributed by atoms with van der Waals surface area (Å²) in [5.74, 6) is -0.908. The molecule has 0 aliphatic heterocycles. The van der Waals surface area contributed by atoms with Gasteiger partial charge in [0.15, 0.2) is 0 Å². The summed E-state index contributed by atoms with van der Waals surface area (Å²) >= 11 is 0. The van der Waals surface area contributed by atoms with E-state index < -0.39 is 23.1 Å². The second-order valence-corrected chi connectivity index (χ2v) is 2.84. The normalized spacial score (nSPS) is 12.3. The van der Waals surface area contributed by atoms with Gasteiger partial charge in [-0.2, -0.15) is 13.2 Å². The molecule has 0 saturated heterocycles. The van der Waals surface area contributed by atoms with E-state index >= 15 is 0 Å². The van der Waals surface area contributed by atoms with Crippen LogP contribution in [0.15, 0.2) is 24.3 Å². The van der Waals surface area contributed by atoms with Crippen LogP contribution in [0, 0.1) is 5.82 Å². The Morgan fingerprint density at radius 1 is 1.27 bits per heavy atom. The molecule has 2 N–H and O–H groups in total. The lowest BCUT2D eigenvalue weighted by Gasteiger charge is -2.10. The van der Waals surface area contributed by atoms with Gasteiger partial charge in [-0.05, 0) is 12.1 Å². The number of nitrogens with two attached hydrogens (primary N) is 1. The summed E-state index contributed by atoms with van der Waals surface area (Å²) in [6.07, 6.45) is -2.25. The monoisotopic (exact) mass is 219 g/mol. The molecule has 1 aromatic rings. The van der Waals surface area contributed by atoms with Crippen LogP contribution in [0.5, 0.6) is 0 Å². The van der Waals surface area contributed by atoms with Crippen molar-refractivity contribution in [2.75, 3.05) is 6.54 Å². The van der Waals surface area contributed by atoms with Crippen molar-refractivity contribution in [1.82, 2.24) is 0 Å². The molecule has 0 atom stereocenters. The summed E-state index contributed by atoms with van der Waals surface area (Å²) < 4.78 is 50.4. The van der Waals surface area contributed by atoms with E-state index in [2.05, 4.69) is 0 Å². The highest BCUT2D eigenvalue weighted by atomic mass is 19.4. The van der Waals surface area contributed by atoms with Gasteiger partial charge in [-0.15, -0.1) is 0 Å². The maximum atomic E-state index is 13.1. The molecule has 0 saturated carbocycles. The van der Waals surface area contributed by atoms with Gasteiger partial charge in [-0.3, -0.25) is 0 Å². The number of hydrogen-bond acceptors (Lipinski definition) is 1. The number of alkyl halides is 3. The van der Waals surface area contributed by atoms with E-state index in [4.69, 9.17) is 5.73 Å². The molecule has 5 heteroatoms. The van der Waals surface area contributed by atoms with Crippen LogP contribution in [-0.4, -0.2) is 6.54 Å². The average Bonchev–Trinajstić information content (AvgIpc) is 2.14. The Morgan fingerprint density at radius 2 is 1.93 bits per heavy atom. The molecule has 1 aromatic carbocycles. The highest BCUT2D eigenvalue weighted by Gasteiger charge is 2.33. The van der Waals surface area contributed by atoms with Crippen LogP contribution in [0.3, 0.4) is 0 Å². The molecule has 0 radical (unpaired) electrons. The van der Waals surface area contributed by atoms with Crippen LogP contribution >= 0.6 is 0 Å². The molecule has 0 bridgehead atoms. The molecule has 0 fully saturated rings. The molecule has 0 heterocycles. The SMILES string of the molecule is NCC=Cc1c(F)cccc1C(F)(F)F. The molecule has 15 heavy (non-hydrogen) atoms. The van der Waals surface area contributed by atoms with E-state index in [9.17, 15) is 17.6 Å². The number of rotatable bonds is 2. The minimum atomic E-state index is -4.56. The minimum Gasteiger partial charge on any atom is -0.327 e. The lowest BCUT2D eigenvalue weighted by Crippen LogP contribution is -2.08. The standard InChI is InChI=1S/C10H9F4N/c11-9-5-1-4-8(10(12,13)14)7(9)3-2-6-15/h1-5H,6,15H2. The van der Waals surface area contributed by atoms with Crippen molar-refractivity contribution in [2.45, 2.75) is 6.18 Å². The van der Waals surface area contributed by atoms with Gasteiger partial charge >= 0.3 is 6.18 Å². The van der Waals surface area contributed by atoms with E-state index in [-0.39, 0.29) is 6.54 Å².